The van der Waals surface area contributed by atoms with Crippen molar-refractivity contribution in [3.8, 4) is 0 Å². The van der Waals surface area contributed by atoms with E-state index in [1.807, 2.05) is 25.2 Å². The van der Waals surface area contributed by atoms with Gasteiger partial charge in [-0.15, -0.1) is 0 Å². The van der Waals surface area contributed by atoms with Crippen molar-refractivity contribution in [2.24, 2.45) is 7.05 Å². The van der Waals surface area contributed by atoms with Crippen LogP contribution in [0.4, 0.5) is 11.4 Å². The number of carbonyl (C=O) groups is 1. The third kappa shape index (κ3) is 2.31. The predicted octanol–water partition coefficient (Wildman–Crippen LogP) is 2.03. The molecule has 1 aliphatic heterocycles. The molecule has 0 fully saturated rings. The van der Waals surface area contributed by atoms with Crippen LogP contribution in [0.1, 0.15) is 22.5 Å². The van der Waals surface area contributed by atoms with E-state index in [0.29, 0.717) is 5.69 Å². The minimum absolute atomic E-state index is 0.167. The Kier molecular flexibility index (Phi) is 2.95. The van der Waals surface area contributed by atoms with Crippen molar-refractivity contribution in [1.29, 1.82) is 0 Å². The maximum absolute atomic E-state index is 12.1. The van der Waals surface area contributed by atoms with Crippen LogP contribution in [0.5, 0.6) is 0 Å². The van der Waals surface area contributed by atoms with Crippen LogP contribution in [0.15, 0.2) is 30.7 Å². The molecule has 0 unspecified atom stereocenters. The molecule has 0 radical (unpaired) electrons. The molecule has 0 saturated carbocycles. The van der Waals surface area contributed by atoms with Gasteiger partial charge in [0.15, 0.2) is 0 Å². The zero-order chi connectivity index (χ0) is 13.2. The molecule has 98 valence electrons. The van der Waals surface area contributed by atoms with Crippen molar-refractivity contribution >= 4 is 17.3 Å². The summed E-state index contributed by atoms with van der Waals surface area (Å²) in [5.41, 5.74) is 3.60. The number of amides is 1. The molecular weight excluding hydrogens is 240 g/mol. The third-order valence-corrected chi connectivity index (χ3v) is 3.28. The molecule has 2 N–H and O–H groups in total. The van der Waals surface area contributed by atoms with E-state index in [4.69, 9.17) is 0 Å². The van der Waals surface area contributed by atoms with Gasteiger partial charge in [0.1, 0.15) is 5.69 Å². The van der Waals surface area contributed by atoms with E-state index in [1.165, 1.54) is 5.56 Å². The molecule has 1 aromatic carbocycles. The molecule has 0 bridgehead atoms. The fraction of sp³-hybridized carbons (Fsp3) is 0.286. The highest BCUT2D eigenvalue weighted by Crippen LogP contribution is 2.29. The number of aromatic nitrogens is 2. The number of nitrogens with zero attached hydrogens (tertiary/aromatic N) is 2. The predicted molar refractivity (Wildman–Crippen MR) is 74.4 cm³/mol. The largest absolute Gasteiger partial charge is 0.385 e. The monoisotopic (exact) mass is 256 g/mol. The average Bonchev–Trinajstić information content (AvgIpc) is 2.86. The fourth-order valence-electron chi connectivity index (χ4n) is 2.34. The molecule has 5 nitrogen and oxygen atoms in total. The Morgan fingerprint density at radius 2 is 2.37 bits per heavy atom. The van der Waals surface area contributed by atoms with Crippen molar-refractivity contribution in [1.82, 2.24) is 9.55 Å². The highest BCUT2D eigenvalue weighted by molar-refractivity contribution is 6.03. The summed E-state index contributed by atoms with van der Waals surface area (Å²) in [6, 6.07) is 5.93. The quantitative estimate of drug-likeness (QED) is 0.864. The summed E-state index contributed by atoms with van der Waals surface area (Å²) in [6.45, 7) is 0.991. The van der Waals surface area contributed by atoms with Crippen molar-refractivity contribution < 1.29 is 4.79 Å². The summed E-state index contributed by atoms with van der Waals surface area (Å²) < 4.78 is 1.76. The number of hydrogen-bond donors (Lipinski definition) is 2. The Morgan fingerprint density at radius 1 is 1.47 bits per heavy atom. The molecule has 0 aliphatic carbocycles. The Hall–Kier alpha value is -2.30. The van der Waals surface area contributed by atoms with Crippen LogP contribution < -0.4 is 10.6 Å². The lowest BCUT2D eigenvalue weighted by Gasteiger charge is -2.20. The van der Waals surface area contributed by atoms with Gasteiger partial charge in [-0.25, -0.2) is 4.98 Å². The number of fused-ring (bicyclic) bond motifs is 1. The van der Waals surface area contributed by atoms with Crippen LogP contribution in [0, 0.1) is 0 Å². The van der Waals surface area contributed by atoms with E-state index in [2.05, 4.69) is 15.6 Å². The van der Waals surface area contributed by atoms with Gasteiger partial charge in [-0.05, 0) is 30.5 Å². The van der Waals surface area contributed by atoms with Gasteiger partial charge in [-0.3, -0.25) is 4.79 Å². The zero-order valence-corrected chi connectivity index (χ0v) is 10.8. The second kappa shape index (κ2) is 4.76. The summed E-state index contributed by atoms with van der Waals surface area (Å²) in [6.07, 6.45) is 5.41. The first-order valence-corrected chi connectivity index (χ1v) is 6.39. The molecule has 1 amide bonds. The average molecular weight is 256 g/mol. The molecule has 0 spiro atoms. The lowest BCUT2D eigenvalue weighted by molar-refractivity contribution is 0.102. The number of hydrogen-bond acceptors (Lipinski definition) is 3. The number of anilines is 2. The van der Waals surface area contributed by atoms with Gasteiger partial charge in [0, 0.05) is 31.2 Å². The molecule has 2 aromatic rings. The number of aryl methyl sites for hydroxylation is 1. The van der Waals surface area contributed by atoms with Crippen LogP contribution in [-0.2, 0) is 13.5 Å². The number of benzene rings is 1. The minimum atomic E-state index is -0.167. The van der Waals surface area contributed by atoms with Crippen LogP contribution >= 0.6 is 0 Å². The Balaban J connectivity index is 1.85. The van der Waals surface area contributed by atoms with Crippen LogP contribution in [0.2, 0.25) is 0 Å². The maximum Gasteiger partial charge on any atom is 0.275 e. The van der Waals surface area contributed by atoms with Gasteiger partial charge >= 0.3 is 0 Å². The van der Waals surface area contributed by atoms with Crippen LogP contribution in [-0.4, -0.2) is 22.0 Å². The topological polar surface area (TPSA) is 59.0 Å². The lowest BCUT2D eigenvalue weighted by atomic mass is 10.0. The SMILES string of the molecule is Cn1cnc(C(=O)Nc2cccc3c2CCCN3)c1. The van der Waals surface area contributed by atoms with Crippen LogP contribution in [0.25, 0.3) is 0 Å². The molecule has 1 aliphatic rings. The minimum Gasteiger partial charge on any atom is -0.385 e. The molecule has 0 saturated heterocycles. The van der Waals surface area contributed by atoms with E-state index in [-0.39, 0.29) is 5.91 Å². The second-order valence-electron chi connectivity index (χ2n) is 4.74. The number of imidazole rings is 1. The van der Waals surface area contributed by atoms with Gasteiger partial charge in [-0.1, -0.05) is 6.07 Å². The van der Waals surface area contributed by atoms with Gasteiger partial charge in [0.25, 0.3) is 5.91 Å². The Bertz CT molecular complexity index is 618. The van der Waals surface area contributed by atoms with Crippen LogP contribution in [0.3, 0.4) is 0 Å². The van der Waals surface area contributed by atoms with Crippen molar-refractivity contribution in [3.05, 3.63) is 42.0 Å². The van der Waals surface area contributed by atoms with Gasteiger partial charge in [0.05, 0.1) is 6.33 Å². The molecular formula is C14H16N4O. The number of nitrogens with one attached hydrogen (secondary N) is 2. The van der Waals surface area contributed by atoms with E-state index >= 15 is 0 Å². The molecule has 3 rings (SSSR count). The normalized spacial score (nSPS) is 13.5. The smallest absolute Gasteiger partial charge is 0.275 e. The molecule has 19 heavy (non-hydrogen) atoms. The highest BCUT2D eigenvalue weighted by Gasteiger charge is 2.15. The maximum atomic E-state index is 12.1. The first kappa shape index (κ1) is 11.8. The second-order valence-corrected chi connectivity index (χ2v) is 4.74. The molecule has 5 heteroatoms. The van der Waals surface area contributed by atoms with Crippen molar-refractivity contribution in [2.75, 3.05) is 17.2 Å². The summed E-state index contributed by atoms with van der Waals surface area (Å²) in [5.74, 6) is -0.167. The third-order valence-electron chi connectivity index (χ3n) is 3.28. The number of rotatable bonds is 2. The lowest BCUT2D eigenvalue weighted by Crippen LogP contribution is -2.17. The zero-order valence-electron chi connectivity index (χ0n) is 10.8. The summed E-state index contributed by atoms with van der Waals surface area (Å²) in [4.78, 5) is 16.2. The Labute approximate surface area is 111 Å². The summed E-state index contributed by atoms with van der Waals surface area (Å²) in [5, 5.41) is 6.29. The standard InChI is InChI=1S/C14H16N4O/c1-18-8-13(16-9-18)14(19)17-12-6-2-5-11-10(12)4-3-7-15-11/h2,5-6,8-9,15H,3-4,7H2,1H3,(H,17,19). The molecule has 2 heterocycles. The van der Waals surface area contributed by atoms with E-state index in [9.17, 15) is 4.79 Å². The Morgan fingerprint density at radius 3 is 3.16 bits per heavy atom. The molecule has 0 atom stereocenters. The first-order valence-electron chi connectivity index (χ1n) is 6.39. The van der Waals surface area contributed by atoms with E-state index < -0.39 is 0 Å². The van der Waals surface area contributed by atoms with Crippen molar-refractivity contribution in [2.45, 2.75) is 12.8 Å². The summed E-state index contributed by atoms with van der Waals surface area (Å²) >= 11 is 0. The highest BCUT2D eigenvalue weighted by atomic mass is 16.1. The van der Waals surface area contributed by atoms with Gasteiger partial charge in [-0.2, -0.15) is 0 Å². The van der Waals surface area contributed by atoms with Gasteiger partial charge in [0.2, 0.25) is 0 Å². The van der Waals surface area contributed by atoms with Gasteiger partial charge < -0.3 is 15.2 Å². The van der Waals surface area contributed by atoms with E-state index in [0.717, 1.165) is 30.8 Å². The molecule has 1 aromatic heterocycles. The van der Waals surface area contributed by atoms with E-state index in [1.54, 1.807) is 17.1 Å². The number of carbonyl (C=O) groups excluding carboxylic acids is 1. The fourth-order valence-corrected chi connectivity index (χ4v) is 2.34. The summed E-state index contributed by atoms with van der Waals surface area (Å²) in [7, 11) is 1.85. The van der Waals surface area contributed by atoms with Crippen molar-refractivity contribution in [3.63, 3.8) is 0 Å². The first-order chi connectivity index (χ1) is 9.24.